The Hall–Kier alpha value is -2.84. The molecule has 1 aromatic carbocycles. The lowest BCUT2D eigenvalue weighted by atomic mass is 9.75. The fourth-order valence-corrected chi connectivity index (χ4v) is 6.46. The number of pyridine rings is 2. The second-order valence-corrected chi connectivity index (χ2v) is 14.8. The molecule has 3 aromatic rings. The Kier molecular flexibility index (Phi) is 4.48. The molecule has 1 unspecified atom stereocenters. The Morgan fingerprint density at radius 2 is 2.00 bits per heavy atom. The van der Waals surface area contributed by atoms with E-state index in [1.54, 1.807) is 23.6 Å². The van der Waals surface area contributed by atoms with Crippen LogP contribution in [0.3, 0.4) is 0 Å². The Morgan fingerprint density at radius 1 is 1.25 bits per heavy atom. The van der Waals surface area contributed by atoms with Crippen LogP contribution >= 0.6 is 0 Å². The number of rotatable bonds is 3. The highest BCUT2D eigenvalue weighted by atomic mass is 28.3. The van der Waals surface area contributed by atoms with Crippen molar-refractivity contribution < 1.29 is 19.0 Å². The van der Waals surface area contributed by atoms with E-state index >= 15 is 0 Å². The number of aromatic nitrogens is 2. The van der Waals surface area contributed by atoms with Crippen LogP contribution in [0.1, 0.15) is 30.0 Å². The van der Waals surface area contributed by atoms with E-state index in [9.17, 15) is 19.1 Å². The summed E-state index contributed by atoms with van der Waals surface area (Å²) < 4.78 is 21.6. The number of fused-ring (bicyclic) bond motifs is 5. The van der Waals surface area contributed by atoms with Crippen LogP contribution in [0.25, 0.3) is 22.3 Å². The third-order valence-corrected chi connectivity index (χ3v) is 8.94. The lowest BCUT2D eigenvalue weighted by Crippen LogP contribution is -2.47. The first-order valence-electron chi connectivity index (χ1n) is 10.8. The smallest absolute Gasteiger partial charge is 0.319 e. The number of cyclic esters (lactones) is 1. The SMILES string of the molecule is CCC1(CO)C(=O)OCc2c1cc1n(c2=O)Cc2cc3c(F)ccc([Si](C)(C)C)c3nc2-1. The van der Waals surface area contributed by atoms with Gasteiger partial charge < -0.3 is 14.4 Å². The average molecular weight is 453 g/mol. The van der Waals surface area contributed by atoms with Crippen molar-refractivity contribution >= 4 is 30.1 Å². The van der Waals surface area contributed by atoms with Crippen LogP contribution in [0.4, 0.5) is 4.39 Å². The van der Waals surface area contributed by atoms with Crippen molar-refractivity contribution in [3.8, 4) is 11.4 Å². The maximum atomic E-state index is 14.7. The third kappa shape index (κ3) is 2.69. The minimum absolute atomic E-state index is 0.116. The van der Waals surface area contributed by atoms with Crippen LogP contribution in [0, 0.1) is 5.82 Å². The van der Waals surface area contributed by atoms with E-state index in [0.717, 1.165) is 10.8 Å². The molecule has 2 aromatic heterocycles. The Balaban J connectivity index is 1.83. The van der Waals surface area contributed by atoms with Crippen LogP contribution in [-0.4, -0.2) is 35.3 Å². The van der Waals surface area contributed by atoms with Gasteiger partial charge in [0, 0.05) is 10.9 Å². The van der Waals surface area contributed by atoms with E-state index < -0.39 is 26.1 Å². The summed E-state index contributed by atoms with van der Waals surface area (Å²) in [5.41, 5.74) is 1.99. The van der Waals surface area contributed by atoms with E-state index in [1.165, 1.54) is 6.07 Å². The summed E-state index contributed by atoms with van der Waals surface area (Å²) in [7, 11) is -1.81. The molecule has 0 bridgehead atoms. The van der Waals surface area contributed by atoms with Gasteiger partial charge in [0.1, 0.15) is 17.8 Å². The lowest BCUT2D eigenvalue weighted by Gasteiger charge is -2.34. The average Bonchev–Trinajstić information content (AvgIpc) is 3.11. The van der Waals surface area contributed by atoms with E-state index in [-0.39, 0.29) is 24.5 Å². The number of hydrogen-bond acceptors (Lipinski definition) is 5. The van der Waals surface area contributed by atoms with Crippen LogP contribution in [-0.2, 0) is 28.1 Å². The zero-order chi connectivity index (χ0) is 23.0. The van der Waals surface area contributed by atoms with Crippen molar-refractivity contribution in [3.63, 3.8) is 0 Å². The molecule has 1 N–H and O–H groups in total. The molecule has 5 rings (SSSR count). The quantitative estimate of drug-likeness (QED) is 0.382. The van der Waals surface area contributed by atoms with Gasteiger partial charge in [-0.25, -0.2) is 9.37 Å². The fraction of sp³-hybridized carbons (Fsp3) is 0.375. The van der Waals surface area contributed by atoms with Crippen LogP contribution in [0.2, 0.25) is 19.6 Å². The Labute approximate surface area is 185 Å². The Bertz CT molecular complexity index is 1370. The molecule has 0 spiro atoms. The normalized spacial score (nSPS) is 19.5. The van der Waals surface area contributed by atoms with Gasteiger partial charge in [0.05, 0.1) is 43.7 Å². The predicted octanol–water partition coefficient (Wildman–Crippen LogP) is 2.81. The largest absolute Gasteiger partial charge is 0.460 e. The van der Waals surface area contributed by atoms with Crippen LogP contribution < -0.4 is 10.7 Å². The number of nitrogens with zero attached hydrogens (tertiary/aromatic N) is 2. The number of halogens is 1. The molecule has 2 aliphatic rings. The van der Waals surface area contributed by atoms with E-state index in [0.29, 0.717) is 39.8 Å². The van der Waals surface area contributed by atoms with E-state index in [1.807, 2.05) is 6.07 Å². The van der Waals surface area contributed by atoms with Crippen molar-refractivity contribution in [1.29, 1.82) is 0 Å². The second-order valence-electron chi connectivity index (χ2n) is 9.72. The Morgan fingerprint density at radius 3 is 2.66 bits per heavy atom. The molecule has 0 radical (unpaired) electrons. The molecule has 0 amide bonds. The van der Waals surface area contributed by atoms with Gasteiger partial charge in [-0.3, -0.25) is 9.59 Å². The highest BCUT2D eigenvalue weighted by Gasteiger charge is 2.46. The molecule has 0 saturated carbocycles. The second kappa shape index (κ2) is 6.83. The van der Waals surface area contributed by atoms with Gasteiger partial charge in [0.25, 0.3) is 5.56 Å². The number of ether oxygens (including phenoxy) is 1. The summed E-state index contributed by atoms with van der Waals surface area (Å²) in [4.78, 5) is 30.9. The summed E-state index contributed by atoms with van der Waals surface area (Å²) in [6.45, 7) is 8.07. The van der Waals surface area contributed by atoms with Crippen molar-refractivity contribution in [2.24, 2.45) is 0 Å². The summed E-state index contributed by atoms with van der Waals surface area (Å²) >= 11 is 0. The monoisotopic (exact) mass is 452 g/mol. The highest BCUT2D eigenvalue weighted by Crippen LogP contribution is 2.40. The highest BCUT2D eigenvalue weighted by molar-refractivity contribution is 6.90. The number of esters is 1. The van der Waals surface area contributed by atoms with Gasteiger partial charge in [0.15, 0.2) is 0 Å². The van der Waals surface area contributed by atoms with Gasteiger partial charge in [0.2, 0.25) is 0 Å². The van der Waals surface area contributed by atoms with Gasteiger partial charge in [-0.2, -0.15) is 0 Å². The molecule has 0 fully saturated rings. The third-order valence-electron chi connectivity index (χ3n) is 6.92. The standard InChI is InChI=1S/C24H25FN2O4Si/c1-5-24(12-28)16-9-18-20-13(10-27(18)22(29)15(16)11-31-23(24)30)8-14-17(25)6-7-19(21(14)26-20)32(2,3)4/h6-9,28H,5,10-12H2,1-4H3. The number of aliphatic hydroxyl groups excluding tert-OH is 1. The molecule has 166 valence electrons. The lowest BCUT2D eigenvalue weighted by molar-refractivity contribution is -0.156. The van der Waals surface area contributed by atoms with Crippen molar-refractivity contribution in [2.45, 2.75) is 51.6 Å². The molecule has 6 nitrogen and oxygen atoms in total. The van der Waals surface area contributed by atoms with E-state index in [4.69, 9.17) is 9.72 Å². The zero-order valence-corrected chi connectivity index (χ0v) is 19.6. The number of benzene rings is 1. The summed E-state index contributed by atoms with van der Waals surface area (Å²) in [5, 5.41) is 11.6. The molecular formula is C24H25FN2O4Si. The molecule has 1 atom stereocenters. The van der Waals surface area contributed by atoms with Crippen LogP contribution in [0.5, 0.6) is 0 Å². The number of carbonyl (C=O) groups excluding carboxylic acids is 1. The summed E-state index contributed by atoms with van der Waals surface area (Å²) in [6.07, 6.45) is 0.307. The molecule has 2 aliphatic heterocycles. The zero-order valence-electron chi connectivity index (χ0n) is 18.6. The van der Waals surface area contributed by atoms with Crippen molar-refractivity contribution in [2.75, 3.05) is 6.61 Å². The first-order chi connectivity index (χ1) is 15.1. The summed E-state index contributed by atoms with van der Waals surface area (Å²) in [6, 6.07) is 6.91. The molecule has 32 heavy (non-hydrogen) atoms. The number of aliphatic hydroxyl groups is 1. The van der Waals surface area contributed by atoms with Gasteiger partial charge in [-0.1, -0.05) is 32.6 Å². The molecular weight excluding hydrogens is 427 g/mol. The minimum Gasteiger partial charge on any atom is -0.460 e. The molecule has 4 heterocycles. The van der Waals surface area contributed by atoms with Crippen molar-refractivity contribution in [1.82, 2.24) is 9.55 Å². The predicted molar refractivity (Wildman–Crippen MR) is 122 cm³/mol. The molecule has 8 heteroatoms. The first kappa shape index (κ1) is 21.0. The van der Waals surface area contributed by atoms with Crippen LogP contribution in [0.15, 0.2) is 29.1 Å². The number of hydrogen-bond donors (Lipinski definition) is 1. The first-order valence-corrected chi connectivity index (χ1v) is 14.3. The molecule has 0 saturated heterocycles. The van der Waals surface area contributed by atoms with Gasteiger partial charge in [-0.15, -0.1) is 0 Å². The topological polar surface area (TPSA) is 81.4 Å². The number of carbonyl (C=O) groups is 1. The van der Waals surface area contributed by atoms with E-state index in [2.05, 4.69) is 19.6 Å². The summed E-state index contributed by atoms with van der Waals surface area (Å²) in [5.74, 6) is -0.851. The molecule has 0 aliphatic carbocycles. The maximum absolute atomic E-state index is 14.7. The van der Waals surface area contributed by atoms with Gasteiger partial charge >= 0.3 is 5.97 Å². The minimum atomic E-state index is -1.81. The van der Waals surface area contributed by atoms with Crippen molar-refractivity contribution in [3.05, 3.63) is 57.1 Å². The fourth-order valence-electron chi connectivity index (χ4n) is 4.98. The van der Waals surface area contributed by atoms with Gasteiger partial charge in [-0.05, 0) is 35.4 Å². The maximum Gasteiger partial charge on any atom is 0.319 e.